The van der Waals surface area contributed by atoms with Crippen molar-refractivity contribution in [2.45, 2.75) is 152 Å². The van der Waals surface area contributed by atoms with Gasteiger partial charge in [-0.1, -0.05) is 133 Å². The van der Waals surface area contributed by atoms with E-state index in [0.29, 0.717) is 5.92 Å². The van der Waals surface area contributed by atoms with Gasteiger partial charge < -0.3 is 14.4 Å². The Morgan fingerprint density at radius 3 is 2.14 bits per heavy atom. The molecule has 252 valence electrons. The second kappa shape index (κ2) is 22.5. The third-order valence-electron chi connectivity index (χ3n) is 8.88. The van der Waals surface area contributed by atoms with Crippen molar-refractivity contribution in [3.05, 3.63) is 41.4 Å². The molecule has 6 nitrogen and oxygen atoms in total. The van der Waals surface area contributed by atoms with E-state index in [2.05, 4.69) is 6.92 Å². The SMILES string of the molecule is CCCCCCCCCCCCCCCC1COC(COCCCCCCN2C=CSC2OS(=O)(=O)c2ccc(C)cc2)C1. The molecule has 1 fully saturated rings. The molecule has 0 radical (unpaired) electrons. The highest BCUT2D eigenvalue weighted by molar-refractivity contribution is 8.03. The summed E-state index contributed by atoms with van der Waals surface area (Å²) in [5.74, 6) is 0.716. The summed E-state index contributed by atoms with van der Waals surface area (Å²) in [6.07, 6.45) is 27.2. The maximum Gasteiger partial charge on any atom is 0.299 e. The Morgan fingerprint density at radius 2 is 1.45 bits per heavy atom. The second-order valence-corrected chi connectivity index (χ2v) is 15.4. The summed E-state index contributed by atoms with van der Waals surface area (Å²) in [7, 11) is -3.79. The van der Waals surface area contributed by atoms with E-state index in [1.54, 1.807) is 24.3 Å². The number of unbranched alkanes of at least 4 members (excludes halogenated alkanes) is 15. The minimum absolute atomic E-state index is 0.198. The first kappa shape index (κ1) is 37.4. The lowest BCUT2D eigenvalue weighted by molar-refractivity contribution is 0.0153. The molecule has 3 rings (SSSR count). The van der Waals surface area contributed by atoms with Crippen LogP contribution in [0.4, 0.5) is 0 Å². The lowest BCUT2D eigenvalue weighted by Gasteiger charge is -2.24. The van der Waals surface area contributed by atoms with Crippen LogP contribution < -0.4 is 0 Å². The van der Waals surface area contributed by atoms with E-state index in [1.165, 1.54) is 102 Å². The Labute approximate surface area is 274 Å². The number of aryl methyl sites for hydroxylation is 1. The Morgan fingerprint density at radius 1 is 0.841 bits per heavy atom. The zero-order chi connectivity index (χ0) is 31.3. The van der Waals surface area contributed by atoms with Gasteiger partial charge in [0.25, 0.3) is 10.1 Å². The average molecular weight is 652 g/mol. The van der Waals surface area contributed by atoms with Crippen LogP contribution in [-0.2, 0) is 23.8 Å². The van der Waals surface area contributed by atoms with Gasteiger partial charge in [-0.25, -0.2) is 4.18 Å². The van der Waals surface area contributed by atoms with Crippen molar-refractivity contribution >= 4 is 21.9 Å². The summed E-state index contributed by atoms with van der Waals surface area (Å²) in [5, 5.41) is 1.90. The van der Waals surface area contributed by atoms with Crippen LogP contribution in [0.1, 0.15) is 134 Å². The summed E-state index contributed by atoms with van der Waals surface area (Å²) in [6, 6.07) is 6.78. The second-order valence-electron chi connectivity index (χ2n) is 12.9. The fourth-order valence-corrected chi connectivity index (χ4v) is 8.16. The van der Waals surface area contributed by atoms with Gasteiger partial charge in [-0.3, -0.25) is 0 Å². The first-order valence-corrected chi connectivity index (χ1v) is 20.1. The highest BCUT2D eigenvalue weighted by Crippen LogP contribution is 2.30. The van der Waals surface area contributed by atoms with Crippen molar-refractivity contribution in [1.82, 2.24) is 4.90 Å². The summed E-state index contributed by atoms with van der Waals surface area (Å²) in [4.78, 5) is 2.17. The summed E-state index contributed by atoms with van der Waals surface area (Å²) < 4.78 is 42.8. The van der Waals surface area contributed by atoms with Crippen LogP contribution in [0.5, 0.6) is 0 Å². The maximum absolute atomic E-state index is 12.7. The normalized spacial score (nSPS) is 20.2. The van der Waals surface area contributed by atoms with Crippen molar-refractivity contribution in [2.75, 3.05) is 26.4 Å². The largest absolute Gasteiger partial charge is 0.379 e. The van der Waals surface area contributed by atoms with E-state index >= 15 is 0 Å². The Balaban J connectivity index is 1.10. The highest BCUT2D eigenvalue weighted by atomic mass is 32.2. The number of benzene rings is 1. The molecule has 0 spiro atoms. The van der Waals surface area contributed by atoms with Gasteiger partial charge in [-0.2, -0.15) is 8.42 Å². The van der Waals surface area contributed by atoms with Gasteiger partial charge in [0.15, 0.2) is 0 Å². The fraction of sp³-hybridized carbons (Fsp3) is 0.778. The quantitative estimate of drug-likeness (QED) is 0.0730. The average Bonchev–Trinajstić information content (AvgIpc) is 3.66. The molecule has 3 atom stereocenters. The first-order chi connectivity index (χ1) is 21.5. The molecule has 2 aliphatic rings. The molecule has 1 aromatic carbocycles. The van der Waals surface area contributed by atoms with E-state index in [0.717, 1.165) is 64.0 Å². The molecule has 0 amide bonds. The van der Waals surface area contributed by atoms with E-state index in [1.807, 2.05) is 23.4 Å². The fourth-order valence-electron chi connectivity index (χ4n) is 6.07. The van der Waals surface area contributed by atoms with Gasteiger partial charge >= 0.3 is 0 Å². The molecule has 1 aromatic rings. The van der Waals surface area contributed by atoms with Crippen molar-refractivity contribution in [1.29, 1.82) is 0 Å². The van der Waals surface area contributed by atoms with Crippen LogP contribution in [0.15, 0.2) is 40.8 Å². The summed E-state index contributed by atoms with van der Waals surface area (Å²) in [5.41, 5.74) is 0.480. The number of hydrogen-bond acceptors (Lipinski definition) is 7. The number of nitrogens with zero attached hydrogens (tertiary/aromatic N) is 1. The van der Waals surface area contributed by atoms with Crippen molar-refractivity contribution in [3.8, 4) is 0 Å². The van der Waals surface area contributed by atoms with Crippen molar-refractivity contribution < 1.29 is 22.1 Å². The molecule has 2 heterocycles. The molecular formula is C36H61NO5S2. The number of rotatable bonds is 26. The molecule has 1 saturated heterocycles. The lowest BCUT2D eigenvalue weighted by atomic mass is 9.97. The number of thioether (sulfide) groups is 1. The first-order valence-electron chi connectivity index (χ1n) is 17.7. The minimum Gasteiger partial charge on any atom is -0.379 e. The number of hydrogen-bond donors (Lipinski definition) is 0. The standard InChI is InChI=1S/C36H61NO5S2/c1-3-4-5-6-7-8-9-10-11-12-13-14-17-20-33-29-34(41-30-33)31-40-27-19-16-15-18-25-37-26-28-43-36(37)42-44(38,39)35-23-21-32(2)22-24-35/h21-24,26,28,33-34,36H,3-20,25,27,29-31H2,1-2H3. The molecule has 0 N–H and O–H groups in total. The molecule has 0 aromatic heterocycles. The smallest absolute Gasteiger partial charge is 0.299 e. The van der Waals surface area contributed by atoms with Crippen molar-refractivity contribution in [2.24, 2.45) is 5.92 Å². The van der Waals surface area contributed by atoms with Gasteiger partial charge in [-0.15, -0.1) is 0 Å². The molecule has 44 heavy (non-hydrogen) atoms. The van der Waals surface area contributed by atoms with Gasteiger partial charge in [0.2, 0.25) is 5.56 Å². The zero-order valence-electron chi connectivity index (χ0n) is 27.8. The van der Waals surface area contributed by atoms with Crippen LogP contribution >= 0.6 is 11.8 Å². The molecule has 2 aliphatic heterocycles. The van der Waals surface area contributed by atoms with Crippen LogP contribution in [0.25, 0.3) is 0 Å². The molecule has 0 aliphatic carbocycles. The van der Waals surface area contributed by atoms with Crippen LogP contribution in [0.3, 0.4) is 0 Å². The molecule has 3 unspecified atom stereocenters. The minimum atomic E-state index is -3.79. The van der Waals surface area contributed by atoms with E-state index < -0.39 is 15.7 Å². The molecule has 8 heteroatoms. The molecule has 0 saturated carbocycles. The van der Waals surface area contributed by atoms with Gasteiger partial charge in [0.1, 0.15) is 0 Å². The predicted octanol–water partition coefficient (Wildman–Crippen LogP) is 9.97. The topological polar surface area (TPSA) is 65.1 Å². The van der Waals surface area contributed by atoms with Gasteiger partial charge in [-0.05, 0) is 56.1 Å². The van der Waals surface area contributed by atoms with Crippen molar-refractivity contribution in [3.63, 3.8) is 0 Å². The summed E-state index contributed by atoms with van der Waals surface area (Å²) in [6.45, 7) is 7.41. The van der Waals surface area contributed by atoms with E-state index in [9.17, 15) is 8.42 Å². The number of ether oxygens (including phenoxy) is 2. The van der Waals surface area contributed by atoms with Crippen LogP contribution in [-0.4, -0.2) is 51.3 Å². The third-order valence-corrected chi connectivity index (χ3v) is 11.2. The van der Waals surface area contributed by atoms with Crippen LogP contribution in [0.2, 0.25) is 0 Å². The summed E-state index contributed by atoms with van der Waals surface area (Å²) >= 11 is 1.39. The molecule has 0 bridgehead atoms. The Bertz CT molecular complexity index is 1000. The maximum atomic E-state index is 12.7. The molecular weight excluding hydrogens is 591 g/mol. The lowest BCUT2D eigenvalue weighted by Crippen LogP contribution is -2.30. The van der Waals surface area contributed by atoms with Gasteiger partial charge in [0, 0.05) is 26.0 Å². The Kier molecular flexibility index (Phi) is 19.1. The van der Waals surface area contributed by atoms with E-state index in [-0.39, 0.29) is 11.0 Å². The van der Waals surface area contributed by atoms with E-state index in [4.69, 9.17) is 13.7 Å². The van der Waals surface area contributed by atoms with Gasteiger partial charge in [0.05, 0.1) is 17.6 Å². The zero-order valence-corrected chi connectivity index (χ0v) is 29.4. The monoisotopic (exact) mass is 651 g/mol. The van der Waals surface area contributed by atoms with Crippen LogP contribution in [0, 0.1) is 12.8 Å². The predicted molar refractivity (Wildman–Crippen MR) is 184 cm³/mol. The Hall–Kier alpha value is -1.06. The third kappa shape index (κ3) is 15.5. The highest BCUT2D eigenvalue weighted by Gasteiger charge is 2.28.